The van der Waals surface area contributed by atoms with Gasteiger partial charge in [-0.2, -0.15) is 17.4 Å². The van der Waals surface area contributed by atoms with Crippen molar-refractivity contribution in [3.8, 4) is 0 Å². The summed E-state index contributed by atoms with van der Waals surface area (Å²) in [5, 5.41) is 3.11. The number of nitrogens with one attached hydrogen (secondary N) is 2. The summed E-state index contributed by atoms with van der Waals surface area (Å²) in [5.74, 6) is 0. The molecule has 0 aromatic carbocycles. The molecule has 2 fully saturated rings. The molecule has 2 unspecified atom stereocenters. The topological polar surface area (TPSA) is 64.7 Å². The molecule has 0 aromatic heterocycles. The second-order valence-corrected chi connectivity index (χ2v) is 7.70. The molecule has 2 aliphatic heterocycles. The SMILES string of the molecule is CNCC1CCCCN1S(=O)(=O)NC1CCCN(C)C1. The van der Waals surface area contributed by atoms with Crippen LogP contribution in [0.2, 0.25) is 0 Å². The van der Waals surface area contributed by atoms with Gasteiger partial charge in [0, 0.05) is 31.7 Å². The van der Waals surface area contributed by atoms with Crippen LogP contribution >= 0.6 is 0 Å². The van der Waals surface area contributed by atoms with Gasteiger partial charge in [0.05, 0.1) is 0 Å². The van der Waals surface area contributed by atoms with Gasteiger partial charge in [0.15, 0.2) is 0 Å². The average Bonchev–Trinajstić information content (AvgIpc) is 2.39. The zero-order chi connectivity index (χ0) is 14.6. The summed E-state index contributed by atoms with van der Waals surface area (Å²) in [6.07, 6.45) is 5.03. The predicted molar refractivity (Wildman–Crippen MR) is 80.8 cm³/mol. The second-order valence-electron chi connectivity index (χ2n) is 6.04. The van der Waals surface area contributed by atoms with Gasteiger partial charge in [-0.05, 0) is 46.3 Å². The van der Waals surface area contributed by atoms with Crippen molar-refractivity contribution in [1.82, 2.24) is 19.2 Å². The molecule has 118 valence electrons. The van der Waals surface area contributed by atoms with Crippen LogP contribution < -0.4 is 10.0 Å². The number of hydrogen-bond donors (Lipinski definition) is 2. The third-order valence-corrected chi connectivity index (χ3v) is 5.99. The normalized spacial score (nSPS) is 30.5. The van der Waals surface area contributed by atoms with Crippen LogP contribution in [0.25, 0.3) is 0 Å². The van der Waals surface area contributed by atoms with Crippen LogP contribution in [0, 0.1) is 0 Å². The molecule has 0 aliphatic carbocycles. The Morgan fingerprint density at radius 3 is 2.65 bits per heavy atom. The summed E-state index contributed by atoms with van der Waals surface area (Å²) in [5.41, 5.74) is 0. The zero-order valence-electron chi connectivity index (χ0n) is 12.6. The van der Waals surface area contributed by atoms with E-state index in [-0.39, 0.29) is 12.1 Å². The van der Waals surface area contributed by atoms with E-state index in [0.29, 0.717) is 6.54 Å². The molecule has 0 amide bonds. The number of likely N-dealkylation sites (tertiary alicyclic amines) is 1. The molecule has 0 radical (unpaired) electrons. The lowest BCUT2D eigenvalue weighted by molar-refractivity contribution is 0.224. The van der Waals surface area contributed by atoms with E-state index in [1.165, 1.54) is 0 Å². The van der Waals surface area contributed by atoms with Crippen molar-refractivity contribution < 1.29 is 8.42 Å². The smallest absolute Gasteiger partial charge is 0.280 e. The number of nitrogens with zero attached hydrogens (tertiary/aromatic N) is 2. The van der Waals surface area contributed by atoms with E-state index < -0.39 is 10.2 Å². The maximum atomic E-state index is 12.6. The Kier molecular flexibility index (Phi) is 5.80. The first-order valence-corrected chi connectivity index (χ1v) is 9.09. The Hall–Kier alpha value is -0.210. The lowest BCUT2D eigenvalue weighted by Crippen LogP contribution is -2.56. The van der Waals surface area contributed by atoms with Crippen molar-refractivity contribution in [3.63, 3.8) is 0 Å². The summed E-state index contributed by atoms with van der Waals surface area (Å²) in [6.45, 7) is 3.24. The van der Waals surface area contributed by atoms with E-state index in [1.807, 2.05) is 14.1 Å². The quantitative estimate of drug-likeness (QED) is 0.750. The van der Waals surface area contributed by atoms with E-state index in [4.69, 9.17) is 0 Å². The van der Waals surface area contributed by atoms with Gasteiger partial charge < -0.3 is 10.2 Å². The highest BCUT2D eigenvalue weighted by Gasteiger charge is 2.33. The fraction of sp³-hybridized carbons (Fsp3) is 1.00. The van der Waals surface area contributed by atoms with Gasteiger partial charge in [-0.25, -0.2) is 0 Å². The number of piperidine rings is 2. The van der Waals surface area contributed by atoms with Gasteiger partial charge in [0.1, 0.15) is 0 Å². The van der Waals surface area contributed by atoms with Crippen LogP contribution in [0.3, 0.4) is 0 Å². The Morgan fingerprint density at radius 2 is 1.95 bits per heavy atom. The van der Waals surface area contributed by atoms with Gasteiger partial charge in [-0.15, -0.1) is 0 Å². The Bertz CT molecular complexity index is 399. The molecule has 6 nitrogen and oxygen atoms in total. The molecule has 0 aromatic rings. The first-order chi connectivity index (χ1) is 9.53. The Morgan fingerprint density at radius 1 is 1.15 bits per heavy atom. The fourth-order valence-corrected chi connectivity index (χ4v) is 4.96. The standard InChI is InChI=1S/C13H28N4O2S/c1-14-10-13-7-3-4-9-17(13)20(18,19)15-12-6-5-8-16(2)11-12/h12-15H,3-11H2,1-2H3. The van der Waals surface area contributed by atoms with Gasteiger partial charge in [-0.3, -0.25) is 0 Å². The minimum Gasteiger partial charge on any atom is -0.318 e. The zero-order valence-corrected chi connectivity index (χ0v) is 13.5. The fourth-order valence-electron chi connectivity index (χ4n) is 3.27. The van der Waals surface area contributed by atoms with Crippen LogP contribution in [0.15, 0.2) is 0 Å². The maximum Gasteiger partial charge on any atom is 0.280 e. The summed E-state index contributed by atoms with van der Waals surface area (Å²) >= 11 is 0. The summed E-state index contributed by atoms with van der Waals surface area (Å²) < 4.78 is 29.8. The minimum atomic E-state index is -3.36. The first kappa shape index (κ1) is 16.2. The van der Waals surface area contributed by atoms with Crippen LogP contribution in [0.1, 0.15) is 32.1 Å². The van der Waals surface area contributed by atoms with E-state index in [2.05, 4.69) is 14.9 Å². The van der Waals surface area contributed by atoms with Crippen molar-refractivity contribution in [2.75, 3.05) is 40.3 Å². The van der Waals surface area contributed by atoms with E-state index >= 15 is 0 Å². The predicted octanol–water partition coefficient (Wildman–Crippen LogP) is -0.0111. The van der Waals surface area contributed by atoms with Crippen LogP contribution in [0.4, 0.5) is 0 Å². The third-order valence-electron chi connectivity index (χ3n) is 4.26. The van der Waals surface area contributed by atoms with Crippen LogP contribution in [-0.4, -0.2) is 70.0 Å². The molecule has 0 saturated carbocycles. The Labute approximate surface area is 123 Å². The lowest BCUT2D eigenvalue weighted by atomic mass is 10.1. The molecule has 2 aliphatic rings. The molecular formula is C13H28N4O2S. The maximum absolute atomic E-state index is 12.6. The molecule has 7 heteroatoms. The van der Waals surface area contributed by atoms with Crippen molar-refractivity contribution in [2.24, 2.45) is 0 Å². The average molecular weight is 304 g/mol. The van der Waals surface area contributed by atoms with Crippen molar-refractivity contribution >= 4 is 10.2 Å². The number of hydrogen-bond acceptors (Lipinski definition) is 4. The van der Waals surface area contributed by atoms with Gasteiger partial charge >= 0.3 is 0 Å². The van der Waals surface area contributed by atoms with E-state index in [9.17, 15) is 8.42 Å². The number of rotatable bonds is 5. The highest BCUT2D eigenvalue weighted by Crippen LogP contribution is 2.20. The summed E-state index contributed by atoms with van der Waals surface area (Å²) in [6, 6.07) is 0.142. The minimum absolute atomic E-state index is 0.0518. The Balaban J connectivity index is 2.00. The largest absolute Gasteiger partial charge is 0.318 e. The van der Waals surface area contributed by atoms with Crippen molar-refractivity contribution in [1.29, 1.82) is 0 Å². The second kappa shape index (κ2) is 7.17. The van der Waals surface area contributed by atoms with Crippen LogP contribution in [0.5, 0.6) is 0 Å². The van der Waals surface area contributed by atoms with Gasteiger partial charge in [0.2, 0.25) is 0 Å². The molecule has 2 saturated heterocycles. The van der Waals surface area contributed by atoms with Crippen LogP contribution in [-0.2, 0) is 10.2 Å². The monoisotopic (exact) mass is 304 g/mol. The molecule has 20 heavy (non-hydrogen) atoms. The van der Waals surface area contributed by atoms with Crippen molar-refractivity contribution in [2.45, 2.75) is 44.2 Å². The summed E-state index contributed by atoms with van der Waals surface area (Å²) in [7, 11) is 0.564. The summed E-state index contributed by atoms with van der Waals surface area (Å²) in [4.78, 5) is 2.19. The number of likely N-dealkylation sites (N-methyl/N-ethyl adjacent to an activating group) is 2. The molecule has 2 N–H and O–H groups in total. The van der Waals surface area contributed by atoms with Gasteiger partial charge in [-0.1, -0.05) is 6.42 Å². The van der Waals surface area contributed by atoms with E-state index in [1.54, 1.807) is 4.31 Å². The van der Waals surface area contributed by atoms with Gasteiger partial charge in [0.25, 0.3) is 10.2 Å². The van der Waals surface area contributed by atoms with Crippen molar-refractivity contribution in [3.05, 3.63) is 0 Å². The lowest BCUT2D eigenvalue weighted by Gasteiger charge is -2.37. The highest BCUT2D eigenvalue weighted by molar-refractivity contribution is 7.87. The molecule has 2 heterocycles. The first-order valence-electron chi connectivity index (χ1n) is 7.65. The highest BCUT2D eigenvalue weighted by atomic mass is 32.2. The molecule has 2 atom stereocenters. The molecular weight excluding hydrogens is 276 g/mol. The molecule has 2 rings (SSSR count). The molecule has 0 spiro atoms. The van der Waals surface area contributed by atoms with E-state index in [0.717, 1.165) is 51.7 Å². The third kappa shape index (κ3) is 4.14. The molecule has 0 bridgehead atoms.